The standard InChI is InChI=1S/C22H28ClN7O/c1-6-7-13-29-20(23)16(15(2)27-29)9-10-19(31)26-18-14-17(22(3,4)5)28-30(18)21-24-11-8-12-25-21/h8-12,14H,6-7,13H2,1-5H3,(H,26,31)/b10-9+. The Kier molecular flexibility index (Phi) is 6.90. The molecule has 0 unspecified atom stereocenters. The first-order chi connectivity index (χ1) is 14.7. The average molecular weight is 442 g/mol. The Bertz CT molecular complexity index is 1080. The Morgan fingerprint density at radius 1 is 1.23 bits per heavy atom. The molecule has 0 fully saturated rings. The topological polar surface area (TPSA) is 90.5 Å². The maximum absolute atomic E-state index is 12.7. The van der Waals surface area contributed by atoms with Crippen LogP contribution >= 0.6 is 11.6 Å². The monoisotopic (exact) mass is 441 g/mol. The predicted octanol–water partition coefficient (Wildman–Crippen LogP) is 4.57. The van der Waals surface area contributed by atoms with Gasteiger partial charge >= 0.3 is 0 Å². The van der Waals surface area contributed by atoms with E-state index < -0.39 is 0 Å². The molecule has 164 valence electrons. The quantitative estimate of drug-likeness (QED) is 0.542. The van der Waals surface area contributed by atoms with Gasteiger partial charge in [0.1, 0.15) is 11.0 Å². The van der Waals surface area contributed by atoms with Gasteiger partial charge in [-0.05, 0) is 25.5 Å². The molecule has 1 amide bonds. The minimum Gasteiger partial charge on any atom is -0.307 e. The molecular formula is C22H28ClN7O. The summed E-state index contributed by atoms with van der Waals surface area (Å²) < 4.78 is 3.31. The zero-order valence-corrected chi connectivity index (χ0v) is 19.3. The molecule has 0 atom stereocenters. The summed E-state index contributed by atoms with van der Waals surface area (Å²) in [6.07, 6.45) is 8.44. The summed E-state index contributed by atoms with van der Waals surface area (Å²) in [6.45, 7) is 10.9. The number of hydrogen-bond acceptors (Lipinski definition) is 5. The summed E-state index contributed by atoms with van der Waals surface area (Å²) >= 11 is 6.45. The van der Waals surface area contributed by atoms with Crippen LogP contribution in [0.15, 0.2) is 30.6 Å². The Labute approximate surface area is 187 Å². The van der Waals surface area contributed by atoms with E-state index in [4.69, 9.17) is 11.6 Å². The van der Waals surface area contributed by atoms with E-state index in [1.807, 2.05) is 13.0 Å². The molecule has 0 aliphatic heterocycles. The molecule has 9 heteroatoms. The van der Waals surface area contributed by atoms with Crippen LogP contribution in [-0.4, -0.2) is 35.4 Å². The van der Waals surface area contributed by atoms with Gasteiger partial charge in [0.15, 0.2) is 0 Å². The Morgan fingerprint density at radius 3 is 2.58 bits per heavy atom. The van der Waals surface area contributed by atoms with Gasteiger partial charge in [-0.2, -0.15) is 14.9 Å². The van der Waals surface area contributed by atoms with Crippen molar-refractivity contribution in [2.45, 2.75) is 59.4 Å². The second-order valence-electron chi connectivity index (χ2n) is 8.31. The Balaban J connectivity index is 1.84. The van der Waals surface area contributed by atoms with Gasteiger partial charge < -0.3 is 5.32 Å². The third kappa shape index (κ3) is 5.38. The number of halogens is 1. The second kappa shape index (κ2) is 9.43. The molecule has 0 bridgehead atoms. The minimum atomic E-state index is -0.311. The van der Waals surface area contributed by atoms with E-state index >= 15 is 0 Å². The first kappa shape index (κ1) is 22.7. The molecule has 0 aliphatic carbocycles. The minimum absolute atomic E-state index is 0.201. The highest BCUT2D eigenvalue weighted by Gasteiger charge is 2.22. The molecular weight excluding hydrogens is 414 g/mol. The lowest BCUT2D eigenvalue weighted by molar-refractivity contribution is -0.111. The van der Waals surface area contributed by atoms with Crippen LogP contribution in [0.2, 0.25) is 5.15 Å². The van der Waals surface area contributed by atoms with Crippen molar-refractivity contribution in [2.24, 2.45) is 0 Å². The van der Waals surface area contributed by atoms with Crippen molar-refractivity contribution in [1.29, 1.82) is 0 Å². The molecule has 3 rings (SSSR count). The smallest absolute Gasteiger partial charge is 0.252 e. The molecule has 3 aromatic rings. The van der Waals surface area contributed by atoms with E-state index in [-0.39, 0.29) is 11.3 Å². The van der Waals surface area contributed by atoms with Crippen molar-refractivity contribution in [1.82, 2.24) is 29.5 Å². The molecule has 0 saturated heterocycles. The Morgan fingerprint density at radius 2 is 1.94 bits per heavy atom. The number of nitrogens with one attached hydrogen (secondary N) is 1. The van der Waals surface area contributed by atoms with Gasteiger partial charge in [-0.1, -0.05) is 45.7 Å². The number of anilines is 1. The molecule has 8 nitrogen and oxygen atoms in total. The first-order valence-electron chi connectivity index (χ1n) is 10.3. The van der Waals surface area contributed by atoms with E-state index in [0.29, 0.717) is 16.9 Å². The van der Waals surface area contributed by atoms with Crippen LogP contribution in [0.3, 0.4) is 0 Å². The van der Waals surface area contributed by atoms with Crippen LogP contribution in [0.1, 0.15) is 57.5 Å². The number of amides is 1. The van der Waals surface area contributed by atoms with Crippen LogP contribution < -0.4 is 5.32 Å². The SMILES string of the molecule is CCCCn1nc(C)c(/C=C/C(=O)Nc2cc(C(C)(C)C)nn2-c2ncccn2)c1Cl. The summed E-state index contributed by atoms with van der Waals surface area (Å²) in [5.41, 5.74) is 2.13. The van der Waals surface area contributed by atoms with Crippen LogP contribution in [0.5, 0.6) is 0 Å². The number of rotatable bonds is 7. The van der Waals surface area contributed by atoms with E-state index in [0.717, 1.165) is 36.3 Å². The van der Waals surface area contributed by atoms with E-state index in [9.17, 15) is 4.79 Å². The van der Waals surface area contributed by atoms with E-state index in [1.54, 1.807) is 29.2 Å². The van der Waals surface area contributed by atoms with Crippen molar-refractivity contribution >= 4 is 29.4 Å². The number of hydrogen-bond donors (Lipinski definition) is 1. The number of unbranched alkanes of at least 4 members (excludes halogenated alkanes) is 1. The van der Waals surface area contributed by atoms with Crippen molar-refractivity contribution < 1.29 is 4.79 Å². The van der Waals surface area contributed by atoms with E-state index in [2.05, 4.69) is 53.2 Å². The molecule has 0 spiro atoms. The molecule has 3 heterocycles. The van der Waals surface area contributed by atoms with Gasteiger partial charge in [0.25, 0.3) is 5.95 Å². The zero-order valence-electron chi connectivity index (χ0n) is 18.6. The van der Waals surface area contributed by atoms with Crippen LogP contribution in [-0.2, 0) is 16.8 Å². The number of nitrogens with zero attached hydrogens (tertiary/aromatic N) is 6. The van der Waals surface area contributed by atoms with Gasteiger partial charge in [-0.15, -0.1) is 0 Å². The maximum atomic E-state index is 12.7. The summed E-state index contributed by atoms with van der Waals surface area (Å²) in [6, 6.07) is 3.56. The number of aromatic nitrogens is 6. The lowest BCUT2D eigenvalue weighted by Gasteiger charge is -2.13. The first-order valence-corrected chi connectivity index (χ1v) is 10.7. The molecule has 0 radical (unpaired) electrons. The fraction of sp³-hybridized carbons (Fsp3) is 0.409. The third-order valence-corrected chi connectivity index (χ3v) is 5.10. The van der Waals surface area contributed by atoms with Crippen LogP contribution in [0.4, 0.5) is 5.82 Å². The summed E-state index contributed by atoms with van der Waals surface area (Å²) in [5.74, 6) is 0.565. The highest BCUT2D eigenvalue weighted by molar-refractivity contribution is 6.31. The highest BCUT2D eigenvalue weighted by atomic mass is 35.5. The largest absolute Gasteiger partial charge is 0.307 e. The number of carbonyl (C=O) groups excluding carboxylic acids is 1. The fourth-order valence-corrected chi connectivity index (χ4v) is 3.25. The summed E-state index contributed by atoms with van der Waals surface area (Å²) in [7, 11) is 0. The van der Waals surface area contributed by atoms with E-state index in [1.165, 1.54) is 10.8 Å². The maximum Gasteiger partial charge on any atom is 0.252 e. The van der Waals surface area contributed by atoms with Crippen LogP contribution in [0.25, 0.3) is 12.0 Å². The molecule has 0 aliphatic rings. The lowest BCUT2D eigenvalue weighted by Crippen LogP contribution is -2.14. The van der Waals surface area contributed by atoms with Crippen molar-refractivity contribution in [3.8, 4) is 5.95 Å². The van der Waals surface area contributed by atoms with Gasteiger partial charge in [0.05, 0.1) is 11.4 Å². The van der Waals surface area contributed by atoms with Gasteiger partial charge in [-0.3, -0.25) is 9.48 Å². The molecule has 1 N–H and O–H groups in total. The van der Waals surface area contributed by atoms with Crippen molar-refractivity contribution in [3.05, 3.63) is 52.7 Å². The molecule has 3 aromatic heterocycles. The van der Waals surface area contributed by atoms with Crippen LogP contribution in [0, 0.1) is 6.92 Å². The highest BCUT2D eigenvalue weighted by Crippen LogP contribution is 2.26. The second-order valence-corrected chi connectivity index (χ2v) is 8.67. The van der Waals surface area contributed by atoms with Crippen molar-refractivity contribution in [2.75, 3.05) is 5.32 Å². The molecule has 31 heavy (non-hydrogen) atoms. The van der Waals surface area contributed by atoms with Gasteiger partial charge in [0.2, 0.25) is 5.91 Å². The number of carbonyl (C=O) groups is 1. The fourth-order valence-electron chi connectivity index (χ4n) is 2.93. The van der Waals surface area contributed by atoms with Gasteiger partial charge in [-0.25, -0.2) is 9.97 Å². The average Bonchev–Trinajstić information content (AvgIpc) is 3.26. The normalized spacial score (nSPS) is 11.9. The summed E-state index contributed by atoms with van der Waals surface area (Å²) in [4.78, 5) is 21.2. The third-order valence-electron chi connectivity index (χ3n) is 4.70. The molecule has 0 aromatic carbocycles. The Hall–Kier alpha value is -3.00. The number of aryl methyl sites for hydroxylation is 2. The lowest BCUT2D eigenvalue weighted by atomic mass is 9.92. The predicted molar refractivity (Wildman–Crippen MR) is 122 cm³/mol. The van der Waals surface area contributed by atoms with Gasteiger partial charge in [0, 0.05) is 42.1 Å². The zero-order chi connectivity index (χ0) is 22.6. The molecule has 0 saturated carbocycles. The summed E-state index contributed by atoms with van der Waals surface area (Å²) in [5, 5.41) is 12.5. The van der Waals surface area contributed by atoms with Crippen molar-refractivity contribution in [3.63, 3.8) is 0 Å².